The largest absolute Gasteiger partial charge is 0.459 e. The van der Waals surface area contributed by atoms with Gasteiger partial charge in [-0.3, -0.25) is 9.59 Å². The molecular weight excluding hydrogens is 304 g/mol. The first-order valence-electron chi connectivity index (χ1n) is 7.01. The molecule has 2 aromatic heterocycles. The van der Waals surface area contributed by atoms with E-state index in [1.54, 1.807) is 24.3 Å². The van der Waals surface area contributed by atoms with E-state index in [2.05, 4.69) is 10.6 Å². The van der Waals surface area contributed by atoms with Crippen molar-refractivity contribution < 1.29 is 19.1 Å². The third-order valence-corrected chi connectivity index (χ3v) is 4.05. The molecule has 3 N–H and O–H groups in total. The van der Waals surface area contributed by atoms with Crippen LogP contribution in [-0.4, -0.2) is 29.6 Å². The number of amides is 2. The van der Waals surface area contributed by atoms with Gasteiger partial charge < -0.3 is 20.2 Å². The van der Waals surface area contributed by atoms with Gasteiger partial charge >= 0.3 is 0 Å². The van der Waals surface area contributed by atoms with E-state index >= 15 is 0 Å². The van der Waals surface area contributed by atoms with E-state index in [4.69, 9.17) is 4.42 Å². The predicted molar refractivity (Wildman–Crippen MR) is 84.2 cm³/mol. The van der Waals surface area contributed by atoms with E-state index in [0.717, 1.165) is 0 Å². The molecule has 6 nitrogen and oxygen atoms in total. The monoisotopic (exact) mass is 322 g/mol. The number of hydrogen-bond acceptors (Lipinski definition) is 5. The second-order valence-corrected chi connectivity index (χ2v) is 5.79. The van der Waals surface area contributed by atoms with Gasteiger partial charge in [0.1, 0.15) is 0 Å². The fraction of sp³-hybridized carbons (Fsp3) is 0.333. The molecule has 0 aliphatic rings. The van der Waals surface area contributed by atoms with Crippen LogP contribution < -0.4 is 10.6 Å². The van der Waals surface area contributed by atoms with Crippen molar-refractivity contribution in [3.8, 4) is 0 Å². The van der Waals surface area contributed by atoms with Crippen molar-refractivity contribution in [1.82, 2.24) is 5.32 Å². The van der Waals surface area contributed by atoms with Gasteiger partial charge in [0.05, 0.1) is 22.2 Å². The average Bonchev–Trinajstić information content (AvgIpc) is 3.18. The maximum atomic E-state index is 11.9. The molecule has 2 aromatic rings. The SMILES string of the molecule is CCC(O)CCNC(=O)c1ccc(NC(=O)c2ccco2)s1. The van der Waals surface area contributed by atoms with Crippen molar-refractivity contribution in [2.45, 2.75) is 25.9 Å². The Morgan fingerprint density at radius 1 is 1.32 bits per heavy atom. The fourth-order valence-electron chi connectivity index (χ4n) is 1.75. The fourth-order valence-corrected chi connectivity index (χ4v) is 2.57. The number of thiophene rings is 1. The van der Waals surface area contributed by atoms with Crippen molar-refractivity contribution in [2.75, 3.05) is 11.9 Å². The van der Waals surface area contributed by atoms with E-state index in [1.165, 1.54) is 17.6 Å². The number of hydrogen-bond donors (Lipinski definition) is 3. The quantitative estimate of drug-likeness (QED) is 0.730. The summed E-state index contributed by atoms with van der Waals surface area (Å²) in [5.41, 5.74) is 0. The summed E-state index contributed by atoms with van der Waals surface area (Å²) in [6, 6.07) is 6.51. The summed E-state index contributed by atoms with van der Waals surface area (Å²) >= 11 is 1.18. The summed E-state index contributed by atoms with van der Waals surface area (Å²) in [5, 5.41) is 15.4. The Hall–Kier alpha value is -2.12. The molecule has 118 valence electrons. The van der Waals surface area contributed by atoms with E-state index in [0.29, 0.717) is 29.3 Å². The molecule has 1 unspecified atom stereocenters. The molecule has 0 radical (unpaired) electrons. The first kappa shape index (κ1) is 16.3. The zero-order valence-corrected chi connectivity index (χ0v) is 13.0. The Labute approximate surface area is 132 Å². The van der Waals surface area contributed by atoms with E-state index in [9.17, 15) is 14.7 Å². The Bertz CT molecular complexity index is 621. The number of nitrogens with one attached hydrogen (secondary N) is 2. The number of anilines is 1. The van der Waals surface area contributed by atoms with Gasteiger partial charge in [-0.2, -0.15) is 0 Å². The van der Waals surface area contributed by atoms with E-state index in [1.807, 2.05) is 6.92 Å². The lowest BCUT2D eigenvalue weighted by Crippen LogP contribution is -2.26. The highest BCUT2D eigenvalue weighted by molar-refractivity contribution is 7.18. The van der Waals surface area contributed by atoms with Crippen molar-refractivity contribution in [2.24, 2.45) is 0 Å². The molecule has 2 amide bonds. The van der Waals surface area contributed by atoms with Crippen LogP contribution in [0.5, 0.6) is 0 Å². The number of rotatable bonds is 7. The molecule has 2 heterocycles. The van der Waals surface area contributed by atoms with Crippen LogP contribution >= 0.6 is 11.3 Å². The molecule has 0 aliphatic heterocycles. The van der Waals surface area contributed by atoms with Crippen LogP contribution in [0.15, 0.2) is 34.9 Å². The Morgan fingerprint density at radius 3 is 2.82 bits per heavy atom. The predicted octanol–water partition coefficient (Wildman–Crippen LogP) is 2.48. The first-order valence-corrected chi connectivity index (χ1v) is 7.82. The summed E-state index contributed by atoms with van der Waals surface area (Å²) < 4.78 is 5.00. The molecule has 7 heteroatoms. The number of furan rings is 1. The highest BCUT2D eigenvalue weighted by Gasteiger charge is 2.13. The van der Waals surface area contributed by atoms with Crippen molar-refractivity contribution in [3.05, 3.63) is 41.2 Å². The van der Waals surface area contributed by atoms with Gasteiger partial charge in [-0.1, -0.05) is 6.92 Å². The molecule has 1 atom stereocenters. The summed E-state index contributed by atoms with van der Waals surface area (Å²) in [4.78, 5) is 24.2. The van der Waals surface area contributed by atoms with Gasteiger partial charge in [0, 0.05) is 6.54 Å². The van der Waals surface area contributed by atoms with Crippen LogP contribution in [0, 0.1) is 0 Å². The minimum Gasteiger partial charge on any atom is -0.459 e. The van der Waals surface area contributed by atoms with Gasteiger partial charge in [0.25, 0.3) is 11.8 Å². The first-order chi connectivity index (χ1) is 10.6. The molecule has 0 aromatic carbocycles. The van der Waals surface area contributed by atoms with Crippen LogP contribution in [0.25, 0.3) is 0 Å². The third kappa shape index (κ3) is 4.44. The summed E-state index contributed by atoms with van der Waals surface area (Å²) in [5.74, 6) is -0.357. The van der Waals surface area contributed by atoms with E-state index in [-0.39, 0.29) is 17.6 Å². The number of aliphatic hydroxyl groups excluding tert-OH is 1. The smallest absolute Gasteiger partial charge is 0.291 e. The Morgan fingerprint density at radius 2 is 2.14 bits per heavy atom. The molecule has 0 aliphatic carbocycles. The summed E-state index contributed by atoms with van der Waals surface area (Å²) in [7, 11) is 0. The Kier molecular flexibility index (Phi) is 5.74. The Balaban J connectivity index is 1.85. The van der Waals surface area contributed by atoms with Crippen LogP contribution in [0.1, 0.15) is 40.0 Å². The van der Waals surface area contributed by atoms with Gasteiger partial charge in [-0.05, 0) is 37.1 Å². The molecular formula is C15H18N2O4S. The topological polar surface area (TPSA) is 91.6 Å². The maximum Gasteiger partial charge on any atom is 0.291 e. The zero-order chi connectivity index (χ0) is 15.9. The van der Waals surface area contributed by atoms with Crippen LogP contribution in [-0.2, 0) is 0 Å². The molecule has 0 fully saturated rings. The van der Waals surface area contributed by atoms with Crippen molar-refractivity contribution in [1.29, 1.82) is 0 Å². The van der Waals surface area contributed by atoms with Gasteiger partial charge in [0.2, 0.25) is 0 Å². The van der Waals surface area contributed by atoms with Gasteiger partial charge in [0.15, 0.2) is 5.76 Å². The molecule has 22 heavy (non-hydrogen) atoms. The second kappa shape index (κ2) is 7.77. The van der Waals surface area contributed by atoms with Crippen LogP contribution in [0.4, 0.5) is 5.00 Å². The summed E-state index contributed by atoms with van der Waals surface area (Å²) in [6.45, 7) is 2.31. The number of carbonyl (C=O) groups excluding carboxylic acids is 2. The van der Waals surface area contributed by atoms with E-state index < -0.39 is 6.10 Å². The molecule has 0 saturated carbocycles. The lowest BCUT2D eigenvalue weighted by molar-refractivity contribution is 0.0944. The minimum atomic E-state index is -0.396. The van der Waals surface area contributed by atoms with Crippen molar-refractivity contribution in [3.63, 3.8) is 0 Å². The standard InChI is InChI=1S/C15H18N2O4S/c1-2-10(18)7-8-16-15(20)12-5-6-13(22-12)17-14(19)11-4-3-9-21-11/h3-6,9-10,18H,2,7-8H2,1H3,(H,16,20)(H,17,19). The molecule has 0 bridgehead atoms. The lowest BCUT2D eigenvalue weighted by atomic mass is 10.2. The van der Waals surface area contributed by atoms with Gasteiger partial charge in [-0.25, -0.2) is 0 Å². The molecule has 0 saturated heterocycles. The minimum absolute atomic E-state index is 0.216. The summed E-state index contributed by atoms with van der Waals surface area (Å²) in [6.07, 6.45) is 2.22. The van der Waals surface area contributed by atoms with Crippen LogP contribution in [0.2, 0.25) is 0 Å². The van der Waals surface area contributed by atoms with Crippen LogP contribution in [0.3, 0.4) is 0 Å². The second-order valence-electron chi connectivity index (χ2n) is 4.70. The maximum absolute atomic E-state index is 11.9. The van der Waals surface area contributed by atoms with Crippen molar-refractivity contribution >= 4 is 28.2 Å². The highest BCUT2D eigenvalue weighted by atomic mass is 32.1. The highest BCUT2D eigenvalue weighted by Crippen LogP contribution is 2.22. The third-order valence-electron chi connectivity index (χ3n) is 3.05. The zero-order valence-electron chi connectivity index (χ0n) is 12.2. The normalized spacial score (nSPS) is 11.9. The lowest BCUT2D eigenvalue weighted by Gasteiger charge is -2.07. The van der Waals surface area contributed by atoms with Gasteiger partial charge in [-0.15, -0.1) is 11.3 Å². The number of aliphatic hydroxyl groups is 1. The number of carbonyl (C=O) groups is 2. The molecule has 0 spiro atoms. The average molecular weight is 322 g/mol. The molecule has 2 rings (SSSR count).